The third kappa shape index (κ3) is 4.70. The van der Waals surface area contributed by atoms with Crippen LogP contribution < -0.4 is 5.14 Å². The van der Waals surface area contributed by atoms with E-state index in [-0.39, 0.29) is 23.1 Å². The van der Waals surface area contributed by atoms with Gasteiger partial charge in [-0.1, -0.05) is 48.5 Å². The number of primary sulfonamides is 1. The van der Waals surface area contributed by atoms with Gasteiger partial charge in [0.05, 0.1) is 4.90 Å². The average molecular weight is 435 g/mol. The van der Waals surface area contributed by atoms with E-state index >= 15 is 0 Å². The van der Waals surface area contributed by atoms with Gasteiger partial charge >= 0.3 is 0 Å². The van der Waals surface area contributed by atoms with Gasteiger partial charge < -0.3 is 0 Å². The van der Waals surface area contributed by atoms with E-state index in [1.807, 2.05) is 30.3 Å². The highest BCUT2D eigenvalue weighted by Crippen LogP contribution is 2.36. The molecule has 0 aliphatic heterocycles. The number of rotatable bonds is 6. The van der Waals surface area contributed by atoms with Gasteiger partial charge in [0.2, 0.25) is 10.0 Å². The molecule has 9 heteroatoms. The number of nitrogens with two attached hydrogens (primary N) is 1. The molecule has 0 bridgehead atoms. The van der Waals surface area contributed by atoms with Crippen LogP contribution in [-0.4, -0.2) is 21.4 Å². The quantitative estimate of drug-likeness (QED) is 0.577. The topological polar surface area (TPSA) is 115 Å². The minimum absolute atomic E-state index is 0.0400. The van der Waals surface area contributed by atoms with Crippen molar-refractivity contribution in [2.75, 3.05) is 0 Å². The van der Waals surface area contributed by atoms with Gasteiger partial charge in [0.15, 0.2) is 0 Å². The molecule has 3 aromatic rings. The minimum Gasteiger partial charge on any atom is -0.282 e. The SMILES string of the molecule is NS(=O)(=O)c1cccc(S(=O)(=O)O)c1-c1cccc(F)c1CCc1ccccc1. The van der Waals surface area contributed by atoms with Crippen molar-refractivity contribution in [3.05, 3.63) is 83.7 Å². The Kier molecular flexibility index (Phi) is 5.85. The zero-order valence-electron chi connectivity index (χ0n) is 15.1. The number of benzene rings is 3. The molecule has 0 saturated carbocycles. The van der Waals surface area contributed by atoms with Crippen molar-refractivity contribution in [2.24, 2.45) is 5.14 Å². The first kappa shape index (κ1) is 21.1. The van der Waals surface area contributed by atoms with Crippen LogP contribution in [0.1, 0.15) is 11.1 Å². The minimum atomic E-state index is -4.80. The predicted molar refractivity (Wildman–Crippen MR) is 107 cm³/mol. The second-order valence-electron chi connectivity index (χ2n) is 6.40. The van der Waals surface area contributed by atoms with Crippen molar-refractivity contribution in [3.63, 3.8) is 0 Å². The largest absolute Gasteiger partial charge is 0.295 e. The van der Waals surface area contributed by atoms with Crippen molar-refractivity contribution in [2.45, 2.75) is 22.6 Å². The smallest absolute Gasteiger partial charge is 0.282 e. The fourth-order valence-electron chi connectivity index (χ4n) is 3.19. The molecule has 0 unspecified atom stereocenters. The molecule has 3 aromatic carbocycles. The molecule has 29 heavy (non-hydrogen) atoms. The van der Waals surface area contributed by atoms with E-state index in [1.165, 1.54) is 18.2 Å². The normalized spacial score (nSPS) is 12.1. The monoisotopic (exact) mass is 435 g/mol. The Morgan fingerprint density at radius 3 is 2.03 bits per heavy atom. The molecule has 6 nitrogen and oxygen atoms in total. The molecule has 0 aliphatic rings. The van der Waals surface area contributed by atoms with Crippen LogP contribution in [0.3, 0.4) is 0 Å². The van der Waals surface area contributed by atoms with E-state index in [0.29, 0.717) is 6.42 Å². The number of aryl methyl sites for hydroxylation is 1. The summed E-state index contributed by atoms with van der Waals surface area (Å²) in [5.41, 5.74) is 0.743. The second kappa shape index (κ2) is 8.03. The lowest BCUT2D eigenvalue weighted by atomic mass is 9.94. The Bertz CT molecular complexity index is 1210. The highest BCUT2D eigenvalue weighted by Gasteiger charge is 2.26. The average Bonchev–Trinajstić information content (AvgIpc) is 2.65. The molecule has 3 rings (SSSR count). The Balaban J connectivity index is 2.25. The molecule has 0 aliphatic carbocycles. The van der Waals surface area contributed by atoms with Gasteiger partial charge in [0.1, 0.15) is 10.7 Å². The summed E-state index contributed by atoms with van der Waals surface area (Å²) in [5.74, 6) is -0.621. The van der Waals surface area contributed by atoms with Crippen LogP contribution in [0.2, 0.25) is 0 Å². The van der Waals surface area contributed by atoms with Gasteiger partial charge in [-0.15, -0.1) is 0 Å². The molecule has 3 N–H and O–H groups in total. The lowest BCUT2D eigenvalue weighted by Gasteiger charge is -2.16. The van der Waals surface area contributed by atoms with E-state index in [2.05, 4.69) is 0 Å². The lowest BCUT2D eigenvalue weighted by molar-refractivity contribution is 0.483. The molecular weight excluding hydrogens is 417 g/mol. The third-order valence-electron chi connectivity index (χ3n) is 4.47. The molecule has 0 amide bonds. The van der Waals surface area contributed by atoms with Crippen LogP contribution in [0, 0.1) is 5.82 Å². The first-order valence-electron chi connectivity index (χ1n) is 8.54. The lowest BCUT2D eigenvalue weighted by Crippen LogP contribution is -2.16. The van der Waals surface area contributed by atoms with Gasteiger partial charge in [-0.3, -0.25) is 4.55 Å². The van der Waals surface area contributed by atoms with Crippen molar-refractivity contribution < 1.29 is 25.8 Å². The molecule has 152 valence electrons. The number of sulfonamides is 1. The van der Waals surface area contributed by atoms with Crippen LogP contribution in [0.15, 0.2) is 76.5 Å². The molecule has 0 saturated heterocycles. The molecule has 0 atom stereocenters. The maximum Gasteiger partial charge on any atom is 0.295 e. The second-order valence-corrected chi connectivity index (χ2v) is 9.32. The predicted octanol–water partition coefficient (Wildman–Crippen LogP) is 3.17. The van der Waals surface area contributed by atoms with Crippen molar-refractivity contribution in [1.82, 2.24) is 0 Å². The molecule has 0 heterocycles. The van der Waals surface area contributed by atoms with E-state index in [1.54, 1.807) is 0 Å². The summed E-state index contributed by atoms with van der Waals surface area (Å²) in [6.45, 7) is 0. The summed E-state index contributed by atoms with van der Waals surface area (Å²) in [7, 11) is -9.16. The molecule has 0 aromatic heterocycles. The zero-order valence-corrected chi connectivity index (χ0v) is 16.8. The Hall–Kier alpha value is -2.59. The Morgan fingerprint density at radius 2 is 1.41 bits per heavy atom. The van der Waals surface area contributed by atoms with Crippen LogP contribution in [0.5, 0.6) is 0 Å². The number of hydrogen-bond donors (Lipinski definition) is 2. The summed E-state index contributed by atoms with van der Waals surface area (Å²) >= 11 is 0. The third-order valence-corrected chi connectivity index (χ3v) is 6.32. The first-order valence-corrected chi connectivity index (χ1v) is 11.5. The molecule has 0 radical (unpaired) electrons. The molecule has 0 fully saturated rings. The van der Waals surface area contributed by atoms with E-state index in [4.69, 9.17) is 5.14 Å². The standard InChI is InChI=1S/C20H18FNO5S2/c21-17-9-4-8-16(15(17)13-12-14-6-2-1-3-7-14)20-18(28(22,23)24)10-5-11-19(20)29(25,26)27/h1-11H,12-13H2,(H2,22,23,24)(H,25,26,27). The van der Waals surface area contributed by atoms with Crippen molar-refractivity contribution in [3.8, 4) is 11.1 Å². The zero-order chi connectivity index (χ0) is 21.2. The van der Waals surface area contributed by atoms with Crippen LogP contribution in [0.25, 0.3) is 11.1 Å². The van der Waals surface area contributed by atoms with Crippen LogP contribution >= 0.6 is 0 Å². The summed E-state index contributed by atoms with van der Waals surface area (Å²) in [6, 6.07) is 16.5. The summed E-state index contributed by atoms with van der Waals surface area (Å²) in [6.07, 6.45) is 0.614. The van der Waals surface area contributed by atoms with Gasteiger partial charge in [-0.25, -0.2) is 17.9 Å². The van der Waals surface area contributed by atoms with Crippen LogP contribution in [-0.2, 0) is 33.0 Å². The van der Waals surface area contributed by atoms with Gasteiger partial charge in [0.25, 0.3) is 10.1 Å². The number of halogens is 1. The van der Waals surface area contributed by atoms with E-state index in [9.17, 15) is 25.8 Å². The molecular formula is C20H18FNO5S2. The summed E-state index contributed by atoms with van der Waals surface area (Å²) < 4.78 is 72.3. The Labute approximate surface area is 168 Å². The first-order chi connectivity index (χ1) is 13.6. The van der Waals surface area contributed by atoms with Gasteiger partial charge in [-0.05, 0) is 47.7 Å². The fourth-order valence-corrected chi connectivity index (χ4v) is 4.76. The van der Waals surface area contributed by atoms with E-state index < -0.39 is 35.7 Å². The maximum absolute atomic E-state index is 14.7. The van der Waals surface area contributed by atoms with E-state index in [0.717, 1.165) is 23.8 Å². The Morgan fingerprint density at radius 1 is 0.793 bits per heavy atom. The van der Waals surface area contributed by atoms with Crippen molar-refractivity contribution >= 4 is 20.1 Å². The number of hydrogen-bond acceptors (Lipinski definition) is 4. The highest BCUT2D eigenvalue weighted by atomic mass is 32.2. The van der Waals surface area contributed by atoms with Crippen molar-refractivity contribution in [1.29, 1.82) is 0 Å². The maximum atomic E-state index is 14.7. The van der Waals surface area contributed by atoms with Gasteiger partial charge in [0, 0.05) is 5.56 Å². The fraction of sp³-hybridized carbons (Fsp3) is 0.100. The van der Waals surface area contributed by atoms with Gasteiger partial charge in [-0.2, -0.15) is 8.42 Å². The van der Waals surface area contributed by atoms with Crippen LogP contribution in [0.4, 0.5) is 4.39 Å². The highest BCUT2D eigenvalue weighted by molar-refractivity contribution is 7.89. The summed E-state index contributed by atoms with van der Waals surface area (Å²) in [5, 5.41) is 5.26. The summed E-state index contributed by atoms with van der Waals surface area (Å²) in [4.78, 5) is -1.17. The molecule has 0 spiro atoms.